The zero-order valence-electron chi connectivity index (χ0n) is 27.2. The lowest BCUT2D eigenvalue weighted by Crippen LogP contribution is -2.62. The number of nitrogens with zero attached hydrogens (tertiary/aromatic N) is 3. The molecule has 2 amide bonds. The Morgan fingerprint density at radius 1 is 0.900 bits per heavy atom. The summed E-state index contributed by atoms with van der Waals surface area (Å²) >= 11 is 6.58. The van der Waals surface area contributed by atoms with Crippen LogP contribution in [0.2, 0.25) is 5.02 Å². The fourth-order valence-electron chi connectivity index (χ4n) is 6.75. The number of hydrogen-bond donors (Lipinski definition) is 0. The van der Waals surface area contributed by atoms with E-state index in [0.29, 0.717) is 4.31 Å². The molecule has 50 heavy (non-hydrogen) atoms. The summed E-state index contributed by atoms with van der Waals surface area (Å²) in [5.41, 5.74) is -0.404. The maximum absolute atomic E-state index is 15.5. The molecule has 0 bridgehead atoms. The molecule has 0 saturated carbocycles. The first kappa shape index (κ1) is 35.1. The van der Waals surface area contributed by atoms with Crippen molar-refractivity contribution in [1.29, 1.82) is 0 Å². The third-order valence-electron chi connectivity index (χ3n) is 8.86. The number of alkyl halides is 3. The van der Waals surface area contributed by atoms with Crippen molar-refractivity contribution in [3.63, 3.8) is 0 Å². The maximum Gasteiger partial charge on any atom is 0.573 e. The van der Waals surface area contributed by atoms with Gasteiger partial charge in [0.05, 0.1) is 25.9 Å². The van der Waals surface area contributed by atoms with Crippen molar-refractivity contribution >= 4 is 39.1 Å². The van der Waals surface area contributed by atoms with E-state index in [0.717, 1.165) is 29.3 Å². The normalized spacial score (nSPS) is 19.1. The average Bonchev–Trinajstić information content (AvgIpc) is 3.34. The van der Waals surface area contributed by atoms with Crippen LogP contribution in [0.1, 0.15) is 22.3 Å². The van der Waals surface area contributed by atoms with E-state index >= 15 is 4.79 Å². The zero-order chi connectivity index (χ0) is 36.2. The highest BCUT2D eigenvalue weighted by molar-refractivity contribution is 7.93. The number of hydrogen-bond acceptors (Lipinski definition) is 8. The second kappa shape index (κ2) is 12.8. The van der Waals surface area contributed by atoms with Gasteiger partial charge >= 0.3 is 6.36 Å². The van der Waals surface area contributed by atoms with Gasteiger partial charge in [-0.1, -0.05) is 54.1 Å². The van der Waals surface area contributed by atoms with E-state index in [-0.39, 0.29) is 52.2 Å². The minimum Gasteiger partial charge on any atom is -0.497 e. The molecule has 2 aliphatic heterocycles. The number of para-hydroxylation sites is 1. The molecule has 0 aliphatic carbocycles. The van der Waals surface area contributed by atoms with Crippen molar-refractivity contribution in [2.45, 2.75) is 35.8 Å². The Morgan fingerprint density at radius 2 is 1.58 bits per heavy atom. The Hall–Kier alpha value is -4.79. The quantitative estimate of drug-likeness (QED) is 0.226. The second-order valence-electron chi connectivity index (χ2n) is 11.9. The molecule has 1 unspecified atom stereocenters. The minimum absolute atomic E-state index is 0.00494. The van der Waals surface area contributed by atoms with Crippen LogP contribution in [-0.2, 0) is 38.1 Å². The number of anilines is 1. The molecule has 0 N–H and O–H groups in total. The van der Waals surface area contributed by atoms with E-state index in [1.165, 1.54) is 37.3 Å². The molecule has 6 rings (SSSR count). The van der Waals surface area contributed by atoms with Crippen LogP contribution in [0.25, 0.3) is 0 Å². The van der Waals surface area contributed by atoms with E-state index in [1.807, 2.05) is 24.3 Å². The molecule has 10 nitrogen and oxygen atoms in total. The van der Waals surface area contributed by atoms with Gasteiger partial charge in [0.15, 0.2) is 11.3 Å². The number of amides is 2. The van der Waals surface area contributed by atoms with E-state index in [1.54, 1.807) is 43.3 Å². The molecular weight excluding hydrogens is 699 g/mol. The van der Waals surface area contributed by atoms with Gasteiger partial charge in [0.1, 0.15) is 16.4 Å². The number of benzene rings is 4. The molecule has 0 spiro atoms. The zero-order valence-corrected chi connectivity index (χ0v) is 28.8. The smallest absolute Gasteiger partial charge is 0.497 e. The lowest BCUT2D eigenvalue weighted by Gasteiger charge is -2.47. The third-order valence-corrected chi connectivity index (χ3v) is 10.8. The van der Waals surface area contributed by atoms with Gasteiger partial charge in [0.25, 0.3) is 15.9 Å². The van der Waals surface area contributed by atoms with Crippen LogP contribution in [0.3, 0.4) is 0 Å². The summed E-state index contributed by atoms with van der Waals surface area (Å²) < 4.78 is 85.8. The first-order valence-electron chi connectivity index (χ1n) is 15.2. The molecule has 0 saturated heterocycles. The van der Waals surface area contributed by atoms with Crippen LogP contribution in [0.15, 0.2) is 89.8 Å². The minimum atomic E-state index is -5.29. The van der Waals surface area contributed by atoms with Crippen molar-refractivity contribution in [2.24, 2.45) is 0 Å². The van der Waals surface area contributed by atoms with Crippen molar-refractivity contribution in [3.8, 4) is 17.2 Å². The fourth-order valence-corrected chi connectivity index (χ4v) is 8.48. The largest absolute Gasteiger partial charge is 0.573 e. The van der Waals surface area contributed by atoms with Crippen molar-refractivity contribution < 1.29 is 45.4 Å². The average molecular weight is 730 g/mol. The molecule has 0 aromatic heterocycles. The van der Waals surface area contributed by atoms with E-state index < -0.39 is 44.5 Å². The lowest BCUT2D eigenvalue weighted by atomic mass is 9.77. The van der Waals surface area contributed by atoms with Gasteiger partial charge in [0.2, 0.25) is 5.91 Å². The van der Waals surface area contributed by atoms with Crippen LogP contribution in [0.4, 0.5) is 18.9 Å². The first-order valence-corrected chi connectivity index (χ1v) is 17.0. The molecule has 2 aliphatic rings. The van der Waals surface area contributed by atoms with Crippen LogP contribution < -0.4 is 18.5 Å². The number of carbonyl (C=O) groups is 2. The van der Waals surface area contributed by atoms with Gasteiger partial charge < -0.3 is 19.1 Å². The van der Waals surface area contributed by atoms with Gasteiger partial charge in [-0.2, -0.15) is 0 Å². The topological polar surface area (TPSA) is 106 Å². The molecule has 2 heterocycles. The molecule has 0 fully saturated rings. The van der Waals surface area contributed by atoms with Crippen molar-refractivity contribution in [1.82, 2.24) is 9.80 Å². The number of fused-ring (bicyclic) bond motifs is 2. The molecule has 4 aromatic rings. The van der Waals surface area contributed by atoms with E-state index in [2.05, 4.69) is 4.74 Å². The van der Waals surface area contributed by atoms with Gasteiger partial charge in [-0.25, -0.2) is 12.7 Å². The Morgan fingerprint density at radius 3 is 2.24 bits per heavy atom. The predicted octanol–water partition coefficient (Wildman–Crippen LogP) is 5.75. The Kier molecular flexibility index (Phi) is 8.99. The fraction of sp³-hybridized carbons (Fsp3) is 0.257. The number of likely N-dealkylation sites (N-methyl/N-ethyl adjacent to an activating group) is 1. The number of rotatable bonds is 8. The molecule has 15 heteroatoms. The van der Waals surface area contributed by atoms with Gasteiger partial charge in [-0.05, 0) is 53.9 Å². The standard InChI is InChI=1S/C35H31ClF3N3O7S/c1-40(2)32(43)28-17-21-9-5-6-10-22(21)20-41(28)34(25-11-7-8-12-29(25)48-4)26-18-23(36)13-15-27(26)42(33(34)44)50(45,46)31-16-14-24(47-3)19-30(31)49-35(37,38)39/h5-16,18-19,28H,17,20H2,1-4H3/t28-,34?/m0/s1. The van der Waals surface area contributed by atoms with Crippen LogP contribution >= 0.6 is 11.6 Å². The second-order valence-corrected chi connectivity index (χ2v) is 14.0. The monoisotopic (exact) mass is 729 g/mol. The summed E-state index contributed by atoms with van der Waals surface area (Å²) in [4.78, 5) is 31.7. The highest BCUT2D eigenvalue weighted by atomic mass is 35.5. The van der Waals surface area contributed by atoms with Gasteiger partial charge in [-0.3, -0.25) is 14.5 Å². The summed E-state index contributed by atoms with van der Waals surface area (Å²) in [6, 6.07) is 19.7. The molecule has 2 atom stereocenters. The molecular formula is C35H31ClF3N3O7S. The van der Waals surface area contributed by atoms with E-state index in [9.17, 15) is 26.4 Å². The lowest BCUT2D eigenvalue weighted by molar-refractivity contribution is -0.275. The summed E-state index contributed by atoms with van der Waals surface area (Å²) in [5.74, 6) is -2.51. The summed E-state index contributed by atoms with van der Waals surface area (Å²) in [6.45, 7) is -0.00494. The van der Waals surface area contributed by atoms with Crippen molar-refractivity contribution in [3.05, 3.63) is 112 Å². The highest BCUT2D eigenvalue weighted by Crippen LogP contribution is 2.55. The predicted molar refractivity (Wildman–Crippen MR) is 178 cm³/mol. The summed E-state index contributed by atoms with van der Waals surface area (Å²) in [5, 5.41) is 0.133. The van der Waals surface area contributed by atoms with Gasteiger partial charge in [-0.15, -0.1) is 13.2 Å². The number of halogens is 4. The molecule has 262 valence electrons. The highest BCUT2D eigenvalue weighted by Gasteiger charge is 2.63. The Labute approximate surface area is 291 Å². The Balaban J connectivity index is 1.69. The first-order chi connectivity index (χ1) is 23.6. The number of ether oxygens (including phenoxy) is 3. The van der Waals surface area contributed by atoms with Crippen LogP contribution in [0.5, 0.6) is 17.2 Å². The number of methoxy groups -OCH3 is 2. The van der Waals surface area contributed by atoms with Crippen molar-refractivity contribution in [2.75, 3.05) is 32.6 Å². The van der Waals surface area contributed by atoms with Crippen LogP contribution in [-0.4, -0.2) is 70.8 Å². The van der Waals surface area contributed by atoms with E-state index in [4.69, 9.17) is 21.1 Å². The molecule has 4 aromatic carbocycles. The van der Waals surface area contributed by atoms with Gasteiger partial charge in [0, 0.05) is 42.9 Å². The van der Waals surface area contributed by atoms with Crippen LogP contribution in [0, 0.1) is 0 Å². The number of sulfonamides is 1. The SMILES string of the molecule is COc1ccc(S(=O)(=O)N2C(=O)C(c3ccccc3OC)(N3Cc4ccccc4C[C@H]3C(=O)N(C)C)c3cc(Cl)ccc32)c(OC(F)(F)F)c1. The number of carbonyl (C=O) groups excluding carboxylic acids is 2. The Bertz CT molecular complexity index is 2110. The molecule has 0 radical (unpaired) electrons. The summed E-state index contributed by atoms with van der Waals surface area (Å²) in [7, 11) is 0.513. The summed E-state index contributed by atoms with van der Waals surface area (Å²) in [6.07, 6.45) is -5.14. The third kappa shape index (κ3) is 5.70. The maximum atomic E-state index is 15.5.